The summed E-state index contributed by atoms with van der Waals surface area (Å²) in [6.45, 7) is -0.609. The van der Waals surface area contributed by atoms with Crippen LogP contribution in [0, 0.1) is 0 Å². The summed E-state index contributed by atoms with van der Waals surface area (Å²) in [6.07, 6.45) is -0.693. The molecule has 0 bridgehead atoms. The predicted molar refractivity (Wildman–Crippen MR) is 36.4 cm³/mol. The van der Waals surface area contributed by atoms with Crippen LogP contribution in [-0.2, 0) is 0 Å². The van der Waals surface area contributed by atoms with E-state index in [4.69, 9.17) is 10.2 Å². The normalized spacial score (nSPS) is 13.7. The fourth-order valence-electron chi connectivity index (χ4n) is 0.327. The molecule has 0 aromatic heterocycles. The lowest BCUT2D eigenvalue weighted by Crippen LogP contribution is -2.15. The Kier molecular flexibility index (Phi) is 6.46. The molecule has 0 fully saturated rings. The molecule has 0 amide bonds. The molecule has 2 nitrogen and oxygen atoms in total. The van der Waals surface area contributed by atoms with Crippen molar-refractivity contribution in [2.75, 3.05) is 24.8 Å². The summed E-state index contributed by atoms with van der Waals surface area (Å²) in [5, 5.41) is 17.0. The number of thioether (sulfide) groups is 1. The molecule has 0 aromatic rings. The lowest BCUT2D eigenvalue weighted by atomic mass is 10.4. The highest BCUT2D eigenvalue weighted by atomic mass is 32.2. The molecule has 0 radical (unpaired) electrons. The van der Waals surface area contributed by atoms with Crippen molar-refractivity contribution in [3.63, 3.8) is 0 Å². The van der Waals surface area contributed by atoms with Crippen LogP contribution in [-0.4, -0.2) is 41.1 Å². The van der Waals surface area contributed by atoms with Crippen LogP contribution in [0.25, 0.3) is 0 Å². The standard InChI is InChI=1S/C5H11FO2S/c6-1-2-9-4-5(8)3-7/h5,7-8H,1-4H2. The highest BCUT2D eigenvalue weighted by molar-refractivity contribution is 7.99. The van der Waals surface area contributed by atoms with Crippen LogP contribution in [0.3, 0.4) is 0 Å². The van der Waals surface area contributed by atoms with Crippen LogP contribution >= 0.6 is 11.8 Å². The zero-order valence-corrected chi connectivity index (χ0v) is 5.90. The Balaban J connectivity index is 2.88. The van der Waals surface area contributed by atoms with Gasteiger partial charge in [-0.2, -0.15) is 11.8 Å². The van der Waals surface area contributed by atoms with Crippen LogP contribution in [0.2, 0.25) is 0 Å². The topological polar surface area (TPSA) is 40.5 Å². The Hall–Kier alpha value is 0.200. The highest BCUT2D eigenvalue weighted by Crippen LogP contribution is 2.01. The number of aliphatic hydroxyl groups excluding tert-OH is 2. The van der Waals surface area contributed by atoms with Gasteiger partial charge >= 0.3 is 0 Å². The first kappa shape index (κ1) is 9.20. The minimum atomic E-state index is -0.693. The summed E-state index contributed by atoms with van der Waals surface area (Å²) in [5.74, 6) is 0.817. The first-order chi connectivity index (χ1) is 4.31. The molecule has 0 aliphatic rings. The SMILES string of the molecule is OCC(O)CSCCF. The van der Waals surface area contributed by atoms with E-state index in [0.29, 0.717) is 11.5 Å². The fourth-order valence-corrected chi connectivity index (χ4v) is 0.980. The van der Waals surface area contributed by atoms with E-state index in [2.05, 4.69) is 0 Å². The maximum absolute atomic E-state index is 11.4. The minimum Gasteiger partial charge on any atom is -0.394 e. The zero-order chi connectivity index (χ0) is 7.11. The molecule has 1 atom stereocenters. The van der Waals surface area contributed by atoms with Crippen molar-refractivity contribution in [2.45, 2.75) is 6.10 Å². The van der Waals surface area contributed by atoms with E-state index in [1.165, 1.54) is 11.8 Å². The van der Waals surface area contributed by atoms with Gasteiger partial charge in [0.1, 0.15) is 0 Å². The first-order valence-corrected chi connectivity index (χ1v) is 3.89. The molecule has 2 N–H and O–H groups in total. The summed E-state index contributed by atoms with van der Waals surface area (Å²) in [5.41, 5.74) is 0. The fraction of sp³-hybridized carbons (Fsp3) is 1.00. The number of aliphatic hydroxyl groups is 2. The maximum atomic E-state index is 11.4. The molecule has 0 aromatic carbocycles. The van der Waals surface area contributed by atoms with E-state index in [-0.39, 0.29) is 13.3 Å². The summed E-state index contributed by atoms with van der Waals surface area (Å²) in [6, 6.07) is 0. The predicted octanol–water partition coefficient (Wildman–Crippen LogP) is 0.0423. The molecule has 1 unspecified atom stereocenters. The smallest absolute Gasteiger partial charge is 0.0984 e. The van der Waals surface area contributed by atoms with Gasteiger partial charge in [-0.15, -0.1) is 0 Å². The molecular weight excluding hydrogens is 143 g/mol. The van der Waals surface area contributed by atoms with Gasteiger partial charge in [0.2, 0.25) is 0 Å². The highest BCUT2D eigenvalue weighted by Gasteiger charge is 1.99. The van der Waals surface area contributed by atoms with Gasteiger partial charge in [0.25, 0.3) is 0 Å². The Morgan fingerprint density at radius 2 is 2.22 bits per heavy atom. The van der Waals surface area contributed by atoms with Crippen LogP contribution in [0.5, 0.6) is 0 Å². The molecule has 4 heteroatoms. The van der Waals surface area contributed by atoms with Gasteiger partial charge < -0.3 is 10.2 Å². The molecule has 0 saturated carbocycles. The summed E-state index contributed by atoms with van der Waals surface area (Å²) in [4.78, 5) is 0. The second-order valence-electron chi connectivity index (χ2n) is 1.60. The third-order valence-corrected chi connectivity index (χ3v) is 1.81. The number of hydrogen-bond acceptors (Lipinski definition) is 3. The van der Waals surface area contributed by atoms with Crippen molar-refractivity contribution in [3.8, 4) is 0 Å². The third-order valence-electron chi connectivity index (χ3n) is 0.742. The summed E-state index contributed by atoms with van der Waals surface area (Å²) in [7, 11) is 0. The zero-order valence-electron chi connectivity index (χ0n) is 5.09. The van der Waals surface area contributed by atoms with Crippen molar-refractivity contribution in [1.82, 2.24) is 0 Å². The van der Waals surface area contributed by atoms with Gasteiger partial charge in [0.15, 0.2) is 0 Å². The number of alkyl halides is 1. The average molecular weight is 154 g/mol. The van der Waals surface area contributed by atoms with Crippen molar-refractivity contribution < 1.29 is 14.6 Å². The van der Waals surface area contributed by atoms with Gasteiger partial charge in [0.05, 0.1) is 19.4 Å². The quantitative estimate of drug-likeness (QED) is 0.549. The van der Waals surface area contributed by atoms with E-state index in [0.717, 1.165) is 0 Å². The van der Waals surface area contributed by atoms with Gasteiger partial charge in [-0.25, -0.2) is 0 Å². The Labute approximate surface area is 58.1 Å². The Morgan fingerprint density at radius 3 is 2.67 bits per heavy atom. The lowest BCUT2D eigenvalue weighted by Gasteiger charge is -2.03. The van der Waals surface area contributed by atoms with Crippen LogP contribution < -0.4 is 0 Å². The largest absolute Gasteiger partial charge is 0.394 e. The molecule has 0 saturated heterocycles. The van der Waals surface area contributed by atoms with Crippen molar-refractivity contribution >= 4 is 11.8 Å². The first-order valence-electron chi connectivity index (χ1n) is 2.74. The Morgan fingerprint density at radius 1 is 1.56 bits per heavy atom. The molecule has 0 rings (SSSR count). The van der Waals surface area contributed by atoms with Crippen LogP contribution in [0.15, 0.2) is 0 Å². The maximum Gasteiger partial charge on any atom is 0.0984 e. The van der Waals surface area contributed by atoms with E-state index in [1.54, 1.807) is 0 Å². The molecular formula is C5H11FO2S. The van der Waals surface area contributed by atoms with E-state index in [1.807, 2.05) is 0 Å². The molecule has 9 heavy (non-hydrogen) atoms. The van der Waals surface area contributed by atoms with E-state index >= 15 is 0 Å². The second-order valence-corrected chi connectivity index (χ2v) is 2.75. The van der Waals surface area contributed by atoms with Crippen molar-refractivity contribution in [3.05, 3.63) is 0 Å². The molecule has 0 spiro atoms. The monoisotopic (exact) mass is 154 g/mol. The second kappa shape index (κ2) is 6.32. The van der Waals surface area contributed by atoms with Gasteiger partial charge in [-0.05, 0) is 0 Å². The van der Waals surface area contributed by atoms with Crippen LogP contribution in [0.1, 0.15) is 0 Å². The molecule has 0 heterocycles. The van der Waals surface area contributed by atoms with Crippen LogP contribution in [0.4, 0.5) is 4.39 Å². The Bertz CT molecular complexity index is 62.9. The minimum absolute atomic E-state index is 0.237. The third kappa shape index (κ3) is 6.08. The number of halogens is 1. The van der Waals surface area contributed by atoms with E-state index < -0.39 is 6.10 Å². The van der Waals surface area contributed by atoms with E-state index in [9.17, 15) is 4.39 Å². The summed E-state index contributed by atoms with van der Waals surface area (Å²) < 4.78 is 11.4. The van der Waals surface area contributed by atoms with Gasteiger partial charge in [-0.3, -0.25) is 4.39 Å². The average Bonchev–Trinajstić information content (AvgIpc) is 1.89. The number of hydrogen-bond donors (Lipinski definition) is 2. The van der Waals surface area contributed by atoms with Gasteiger partial charge in [-0.1, -0.05) is 0 Å². The van der Waals surface area contributed by atoms with Crippen molar-refractivity contribution in [1.29, 1.82) is 0 Å². The van der Waals surface area contributed by atoms with Crippen molar-refractivity contribution in [2.24, 2.45) is 0 Å². The van der Waals surface area contributed by atoms with Gasteiger partial charge in [0, 0.05) is 11.5 Å². The molecule has 0 aliphatic heterocycles. The number of rotatable bonds is 5. The lowest BCUT2D eigenvalue weighted by molar-refractivity contribution is 0.113. The molecule has 56 valence electrons. The molecule has 0 aliphatic carbocycles. The summed E-state index contributed by atoms with van der Waals surface area (Å²) >= 11 is 1.30.